The first-order valence-electron chi connectivity index (χ1n) is 23.9. The van der Waals surface area contributed by atoms with Crippen molar-refractivity contribution in [3.63, 3.8) is 0 Å². The van der Waals surface area contributed by atoms with E-state index in [2.05, 4.69) is 266 Å². The van der Waals surface area contributed by atoms with Gasteiger partial charge in [-0.25, -0.2) is 0 Å². The summed E-state index contributed by atoms with van der Waals surface area (Å²) >= 11 is 0. The van der Waals surface area contributed by atoms with Crippen molar-refractivity contribution in [2.45, 2.75) is 24.7 Å². The molecule has 14 rings (SSSR count). The predicted octanol–water partition coefficient (Wildman–Crippen LogP) is 17.6. The molecule has 3 aliphatic rings. The third-order valence-electron chi connectivity index (χ3n) is 15.4. The molecule has 0 saturated heterocycles. The van der Waals surface area contributed by atoms with Crippen molar-refractivity contribution in [2.75, 3.05) is 9.80 Å². The summed E-state index contributed by atoms with van der Waals surface area (Å²) in [5.74, 6) is 0. The second-order valence-electron chi connectivity index (χ2n) is 19.1. The van der Waals surface area contributed by atoms with E-state index in [9.17, 15) is 0 Å². The molecule has 11 aromatic rings. The van der Waals surface area contributed by atoms with Crippen LogP contribution in [-0.4, -0.2) is 0 Å². The predicted molar refractivity (Wildman–Crippen MR) is 285 cm³/mol. The average Bonchev–Trinajstić information content (AvgIpc) is 3.86. The van der Waals surface area contributed by atoms with Gasteiger partial charge in [0, 0.05) is 22.2 Å². The molecule has 2 aliphatic carbocycles. The maximum absolute atomic E-state index is 2.59. The lowest BCUT2D eigenvalue weighted by molar-refractivity contribution is 0.634. The van der Waals surface area contributed by atoms with Gasteiger partial charge in [-0.2, -0.15) is 0 Å². The first kappa shape index (κ1) is 38.8. The molecule has 0 aromatic heterocycles. The lowest BCUT2D eigenvalue weighted by Gasteiger charge is -2.44. The third-order valence-corrected chi connectivity index (χ3v) is 15.4. The van der Waals surface area contributed by atoms with Crippen LogP contribution in [0.4, 0.5) is 34.1 Å². The van der Waals surface area contributed by atoms with Gasteiger partial charge in [0.15, 0.2) is 0 Å². The monoisotopic (exact) mass is 866 g/mol. The fourth-order valence-corrected chi connectivity index (χ4v) is 12.7. The Labute approximate surface area is 397 Å². The molecule has 0 bridgehead atoms. The topological polar surface area (TPSA) is 6.48 Å². The molecule has 0 atom stereocenters. The number of fused-ring (bicyclic) bond motifs is 14. The molecule has 1 aliphatic heterocycles. The summed E-state index contributed by atoms with van der Waals surface area (Å²) in [7, 11) is 0. The highest BCUT2D eigenvalue weighted by atomic mass is 15.2. The van der Waals surface area contributed by atoms with Crippen LogP contribution < -0.4 is 9.80 Å². The maximum Gasteiger partial charge on any atom is 0.0781 e. The first-order valence-corrected chi connectivity index (χ1v) is 23.9. The van der Waals surface area contributed by atoms with Gasteiger partial charge in [0.1, 0.15) is 0 Å². The minimum absolute atomic E-state index is 0.322. The minimum Gasteiger partial charge on any atom is -0.308 e. The van der Waals surface area contributed by atoms with E-state index in [-0.39, 0.29) is 5.41 Å². The van der Waals surface area contributed by atoms with Gasteiger partial charge in [0.05, 0.1) is 28.2 Å². The number of nitrogens with zero attached hydrogens (tertiary/aromatic N) is 2. The van der Waals surface area contributed by atoms with Gasteiger partial charge in [-0.3, -0.25) is 0 Å². The van der Waals surface area contributed by atoms with Gasteiger partial charge in [-0.1, -0.05) is 214 Å². The average molecular weight is 867 g/mol. The van der Waals surface area contributed by atoms with Crippen molar-refractivity contribution in [3.05, 3.63) is 276 Å². The van der Waals surface area contributed by atoms with E-state index in [1.807, 2.05) is 0 Å². The van der Waals surface area contributed by atoms with Gasteiger partial charge in [0.25, 0.3) is 0 Å². The van der Waals surface area contributed by atoms with Crippen LogP contribution in [-0.2, 0) is 10.8 Å². The van der Waals surface area contributed by atoms with Crippen molar-refractivity contribution in [3.8, 4) is 33.4 Å². The van der Waals surface area contributed by atoms with Crippen molar-refractivity contribution in [1.82, 2.24) is 0 Å². The zero-order chi connectivity index (χ0) is 45.1. The standard InChI is InChI=1S/C66H46N2/c1-65(2)58-35-16-17-36-60(58)68(61-37-19-31-54(63(61)65)49-30-18-22-43-20-6-8-25-47(43)49)64-48-26-9-7-21-44(48)38-41-62(64)67(45-23-4-3-5-24-45)46-39-40-53-52-29-12-15-34-57(52)66(59(53)42-46)55-32-13-10-27-50(55)51-28-11-14-33-56(51)66/h3-42H,1-2H3. The lowest BCUT2D eigenvalue weighted by Crippen LogP contribution is -2.32. The summed E-state index contributed by atoms with van der Waals surface area (Å²) in [5.41, 5.74) is 21.7. The van der Waals surface area contributed by atoms with Gasteiger partial charge in [0.2, 0.25) is 0 Å². The zero-order valence-corrected chi connectivity index (χ0v) is 38.0. The molecule has 11 aromatic carbocycles. The van der Waals surface area contributed by atoms with E-state index in [0.29, 0.717) is 0 Å². The lowest BCUT2D eigenvalue weighted by atomic mass is 9.70. The van der Waals surface area contributed by atoms with Crippen LogP contribution in [0.3, 0.4) is 0 Å². The fraction of sp³-hybridized carbons (Fsp3) is 0.0606. The number of rotatable bonds is 5. The van der Waals surface area contributed by atoms with E-state index >= 15 is 0 Å². The summed E-state index contributed by atoms with van der Waals surface area (Å²) in [6.45, 7) is 4.82. The molecule has 0 radical (unpaired) electrons. The highest BCUT2D eigenvalue weighted by Crippen LogP contribution is 2.64. The number of benzene rings is 11. The molecule has 1 spiro atoms. The Balaban J connectivity index is 1.07. The molecular weight excluding hydrogens is 821 g/mol. The second kappa shape index (κ2) is 14.5. The number of hydrogen-bond donors (Lipinski definition) is 0. The highest BCUT2D eigenvalue weighted by Gasteiger charge is 2.52. The number of anilines is 6. The molecule has 2 heteroatoms. The summed E-state index contributed by atoms with van der Waals surface area (Å²) < 4.78 is 0. The van der Waals surface area contributed by atoms with E-state index in [1.54, 1.807) is 0 Å². The molecule has 0 saturated carbocycles. The Bertz CT molecular complexity index is 3790. The van der Waals surface area contributed by atoms with Gasteiger partial charge in [-0.05, 0) is 125 Å². The Morgan fingerprint density at radius 1 is 0.338 bits per heavy atom. The molecule has 0 fully saturated rings. The Morgan fingerprint density at radius 2 is 0.838 bits per heavy atom. The van der Waals surface area contributed by atoms with Crippen molar-refractivity contribution >= 4 is 55.7 Å². The summed E-state index contributed by atoms with van der Waals surface area (Å²) in [4.78, 5) is 5.11. The van der Waals surface area contributed by atoms with Crippen LogP contribution >= 0.6 is 0 Å². The SMILES string of the molecule is CC1(C)c2ccccc2N(c2c(N(c3ccccc3)c3ccc4c(c3)C3(c5ccccc5-c5ccccc53)c3ccccc3-4)ccc3ccccc23)c2cccc(-c3cccc4ccccc34)c21. The highest BCUT2D eigenvalue weighted by molar-refractivity contribution is 6.10. The first-order chi connectivity index (χ1) is 33.5. The largest absolute Gasteiger partial charge is 0.308 e. The molecular formula is C66H46N2. The normalized spacial score (nSPS) is 14.2. The fourth-order valence-electron chi connectivity index (χ4n) is 12.7. The van der Waals surface area contributed by atoms with Gasteiger partial charge < -0.3 is 9.80 Å². The van der Waals surface area contributed by atoms with Crippen LogP contribution in [0.1, 0.15) is 47.2 Å². The van der Waals surface area contributed by atoms with Crippen LogP contribution in [0.2, 0.25) is 0 Å². The van der Waals surface area contributed by atoms with Crippen molar-refractivity contribution in [1.29, 1.82) is 0 Å². The van der Waals surface area contributed by atoms with Crippen molar-refractivity contribution in [2.24, 2.45) is 0 Å². The third kappa shape index (κ3) is 5.23. The quantitative estimate of drug-likeness (QED) is 0.170. The Hall–Kier alpha value is -8.46. The van der Waals surface area contributed by atoms with Gasteiger partial charge >= 0.3 is 0 Å². The van der Waals surface area contributed by atoms with Crippen LogP contribution in [0.5, 0.6) is 0 Å². The summed E-state index contributed by atoms with van der Waals surface area (Å²) in [5, 5.41) is 4.88. The molecule has 0 unspecified atom stereocenters. The molecule has 0 amide bonds. The Morgan fingerprint density at radius 3 is 1.54 bits per heavy atom. The van der Waals surface area contributed by atoms with Crippen LogP contribution in [0.25, 0.3) is 54.9 Å². The number of para-hydroxylation sites is 2. The summed E-state index contributed by atoms with van der Waals surface area (Å²) in [6.07, 6.45) is 0. The van der Waals surface area contributed by atoms with Crippen LogP contribution in [0.15, 0.2) is 243 Å². The molecule has 68 heavy (non-hydrogen) atoms. The number of hydrogen-bond acceptors (Lipinski definition) is 2. The van der Waals surface area contributed by atoms with Crippen molar-refractivity contribution < 1.29 is 0 Å². The summed E-state index contributed by atoms with van der Waals surface area (Å²) in [6, 6.07) is 90.7. The van der Waals surface area contributed by atoms with E-state index < -0.39 is 5.41 Å². The molecule has 0 N–H and O–H groups in total. The zero-order valence-electron chi connectivity index (χ0n) is 38.0. The molecule has 1 heterocycles. The minimum atomic E-state index is -0.474. The smallest absolute Gasteiger partial charge is 0.0781 e. The maximum atomic E-state index is 2.59. The van der Waals surface area contributed by atoms with E-state index in [1.165, 1.54) is 99.7 Å². The van der Waals surface area contributed by atoms with Crippen LogP contribution in [0, 0.1) is 0 Å². The second-order valence-corrected chi connectivity index (χ2v) is 19.1. The Kier molecular flexibility index (Phi) is 8.28. The molecule has 320 valence electrons. The molecule has 2 nitrogen and oxygen atoms in total. The van der Waals surface area contributed by atoms with E-state index in [0.717, 1.165) is 22.7 Å². The van der Waals surface area contributed by atoms with Gasteiger partial charge in [-0.15, -0.1) is 0 Å². The van der Waals surface area contributed by atoms with E-state index in [4.69, 9.17) is 0 Å².